The zero-order chi connectivity index (χ0) is 12.4. The summed E-state index contributed by atoms with van der Waals surface area (Å²) in [5, 5.41) is 8.00. The Kier molecular flexibility index (Phi) is 3.09. The fraction of sp³-hybridized carbons (Fsp3) is 0.500. The molecule has 0 aromatic carbocycles. The van der Waals surface area contributed by atoms with Crippen LogP contribution in [-0.4, -0.2) is 19.6 Å². The lowest BCUT2D eigenvalue weighted by Crippen LogP contribution is -2.02. The summed E-state index contributed by atoms with van der Waals surface area (Å²) in [4.78, 5) is 4.30. The first-order chi connectivity index (χ1) is 8.83. The highest BCUT2D eigenvalue weighted by Gasteiger charge is 2.09. The molecule has 4 heteroatoms. The molecular weight excluding hydrogens is 224 g/mol. The summed E-state index contributed by atoms with van der Waals surface area (Å²) in [7, 11) is 0. The van der Waals surface area contributed by atoms with Gasteiger partial charge in [-0.2, -0.15) is 0 Å². The molecule has 2 aromatic rings. The largest absolute Gasteiger partial charge is 0.270 e. The van der Waals surface area contributed by atoms with Crippen molar-refractivity contribution < 1.29 is 0 Å². The van der Waals surface area contributed by atoms with Gasteiger partial charge in [0, 0.05) is 18.0 Å². The molecule has 0 radical (unpaired) electrons. The van der Waals surface area contributed by atoms with Crippen molar-refractivity contribution in [1.29, 1.82) is 0 Å². The van der Waals surface area contributed by atoms with Crippen molar-refractivity contribution in [2.45, 2.75) is 39.0 Å². The molecule has 18 heavy (non-hydrogen) atoms. The molecule has 0 atom stereocenters. The maximum atomic E-state index is 4.30. The predicted octanol–water partition coefficient (Wildman–Crippen LogP) is 3.03. The van der Waals surface area contributed by atoms with Crippen molar-refractivity contribution >= 4 is 11.9 Å². The van der Waals surface area contributed by atoms with Crippen LogP contribution in [-0.2, 0) is 0 Å². The normalized spacial score (nSPS) is 17.8. The first kappa shape index (κ1) is 11.4. The standard InChI is InChI=1S/C14H18N4/c1-11-16-17-14-15-9-13(10-18(11)14)8-7-12-5-3-2-4-6-12/h7-10,12H,2-6H2,1H3. The van der Waals surface area contributed by atoms with Crippen molar-refractivity contribution in [3.8, 4) is 0 Å². The third kappa shape index (κ3) is 2.28. The van der Waals surface area contributed by atoms with Gasteiger partial charge >= 0.3 is 0 Å². The maximum Gasteiger partial charge on any atom is 0.254 e. The lowest BCUT2D eigenvalue weighted by molar-refractivity contribution is 0.420. The topological polar surface area (TPSA) is 43.1 Å². The quantitative estimate of drug-likeness (QED) is 0.813. The molecule has 2 aromatic heterocycles. The molecular formula is C14H18N4. The molecule has 0 amide bonds. The zero-order valence-corrected chi connectivity index (χ0v) is 10.7. The van der Waals surface area contributed by atoms with Gasteiger partial charge in [-0.1, -0.05) is 31.4 Å². The monoisotopic (exact) mass is 242 g/mol. The molecule has 1 aliphatic rings. The van der Waals surface area contributed by atoms with Crippen molar-refractivity contribution in [3.05, 3.63) is 29.9 Å². The van der Waals surface area contributed by atoms with Crippen LogP contribution in [0.15, 0.2) is 18.5 Å². The second-order valence-corrected chi connectivity index (χ2v) is 5.06. The summed E-state index contributed by atoms with van der Waals surface area (Å²) >= 11 is 0. The van der Waals surface area contributed by atoms with Crippen LogP contribution in [0.2, 0.25) is 0 Å². The van der Waals surface area contributed by atoms with Gasteiger partial charge in [0.05, 0.1) is 0 Å². The van der Waals surface area contributed by atoms with E-state index in [0.29, 0.717) is 5.78 Å². The molecule has 1 saturated carbocycles. The minimum Gasteiger partial charge on any atom is -0.270 e. The van der Waals surface area contributed by atoms with Crippen LogP contribution >= 0.6 is 0 Å². The van der Waals surface area contributed by atoms with E-state index >= 15 is 0 Å². The summed E-state index contributed by atoms with van der Waals surface area (Å²) in [6.07, 6.45) is 15.2. The van der Waals surface area contributed by atoms with E-state index < -0.39 is 0 Å². The Hall–Kier alpha value is -1.71. The first-order valence-electron chi connectivity index (χ1n) is 6.68. The van der Waals surface area contributed by atoms with Gasteiger partial charge in [-0.3, -0.25) is 4.40 Å². The van der Waals surface area contributed by atoms with Crippen LogP contribution in [0, 0.1) is 12.8 Å². The molecule has 0 N–H and O–H groups in total. The van der Waals surface area contributed by atoms with Gasteiger partial charge in [-0.25, -0.2) is 4.98 Å². The molecule has 1 aliphatic carbocycles. The van der Waals surface area contributed by atoms with Crippen LogP contribution in [0.5, 0.6) is 0 Å². The molecule has 4 nitrogen and oxygen atoms in total. The number of allylic oxidation sites excluding steroid dienone is 1. The van der Waals surface area contributed by atoms with Crippen molar-refractivity contribution in [2.75, 3.05) is 0 Å². The number of nitrogens with zero attached hydrogens (tertiary/aromatic N) is 4. The smallest absolute Gasteiger partial charge is 0.254 e. The van der Waals surface area contributed by atoms with E-state index in [0.717, 1.165) is 17.3 Å². The Morgan fingerprint density at radius 3 is 2.89 bits per heavy atom. The fourth-order valence-corrected chi connectivity index (χ4v) is 2.57. The Labute approximate surface area is 107 Å². The highest BCUT2D eigenvalue weighted by Crippen LogP contribution is 2.25. The van der Waals surface area contributed by atoms with Gasteiger partial charge < -0.3 is 0 Å². The maximum absolute atomic E-state index is 4.30. The molecule has 1 fully saturated rings. The summed E-state index contributed by atoms with van der Waals surface area (Å²) in [6.45, 7) is 1.94. The second-order valence-electron chi connectivity index (χ2n) is 5.06. The minimum absolute atomic E-state index is 0.669. The number of hydrogen-bond donors (Lipinski definition) is 0. The SMILES string of the molecule is Cc1nnc2ncc(C=CC3CCCCC3)cn12. The second kappa shape index (κ2) is 4.88. The van der Waals surface area contributed by atoms with Gasteiger partial charge in [-0.15, -0.1) is 10.2 Å². The van der Waals surface area contributed by atoms with Crippen LogP contribution < -0.4 is 0 Å². The van der Waals surface area contributed by atoms with Crippen LogP contribution in [0.4, 0.5) is 0 Å². The van der Waals surface area contributed by atoms with Crippen LogP contribution in [0.1, 0.15) is 43.5 Å². The first-order valence-corrected chi connectivity index (χ1v) is 6.68. The molecule has 0 spiro atoms. The molecule has 0 unspecified atom stereocenters. The molecule has 0 bridgehead atoms. The fourth-order valence-electron chi connectivity index (χ4n) is 2.57. The van der Waals surface area contributed by atoms with Crippen molar-refractivity contribution in [2.24, 2.45) is 5.92 Å². The molecule has 3 rings (SSSR count). The average Bonchev–Trinajstić information content (AvgIpc) is 2.79. The lowest BCUT2D eigenvalue weighted by Gasteiger charge is -2.17. The molecule has 94 valence electrons. The molecule has 0 saturated heterocycles. The third-order valence-corrected chi connectivity index (χ3v) is 3.67. The average molecular weight is 242 g/mol. The van der Waals surface area contributed by atoms with Crippen LogP contribution in [0.25, 0.3) is 11.9 Å². The number of fused-ring (bicyclic) bond motifs is 1. The van der Waals surface area contributed by atoms with Gasteiger partial charge in [0.1, 0.15) is 5.82 Å². The van der Waals surface area contributed by atoms with Gasteiger partial charge in [0.15, 0.2) is 0 Å². The number of aryl methyl sites for hydroxylation is 1. The van der Waals surface area contributed by atoms with E-state index in [1.54, 1.807) is 0 Å². The number of rotatable bonds is 2. The van der Waals surface area contributed by atoms with Gasteiger partial charge in [0.25, 0.3) is 5.78 Å². The van der Waals surface area contributed by atoms with E-state index in [2.05, 4.69) is 33.5 Å². The zero-order valence-electron chi connectivity index (χ0n) is 10.7. The Balaban J connectivity index is 1.81. The van der Waals surface area contributed by atoms with E-state index in [9.17, 15) is 0 Å². The Morgan fingerprint density at radius 1 is 1.22 bits per heavy atom. The Bertz CT molecular complexity index is 564. The summed E-state index contributed by atoms with van der Waals surface area (Å²) in [5.74, 6) is 2.30. The highest BCUT2D eigenvalue weighted by atomic mass is 15.3. The number of hydrogen-bond acceptors (Lipinski definition) is 3. The highest BCUT2D eigenvalue weighted by molar-refractivity contribution is 5.49. The van der Waals surface area contributed by atoms with Gasteiger partial charge in [-0.05, 0) is 25.7 Å². The van der Waals surface area contributed by atoms with E-state index in [4.69, 9.17) is 0 Å². The van der Waals surface area contributed by atoms with E-state index in [1.807, 2.05) is 17.5 Å². The predicted molar refractivity (Wildman–Crippen MR) is 71.1 cm³/mol. The number of aromatic nitrogens is 4. The van der Waals surface area contributed by atoms with Crippen LogP contribution in [0.3, 0.4) is 0 Å². The van der Waals surface area contributed by atoms with Gasteiger partial charge in [0.2, 0.25) is 0 Å². The van der Waals surface area contributed by atoms with Crippen molar-refractivity contribution in [3.63, 3.8) is 0 Å². The minimum atomic E-state index is 0.669. The summed E-state index contributed by atoms with van der Waals surface area (Å²) in [5.41, 5.74) is 1.12. The summed E-state index contributed by atoms with van der Waals surface area (Å²) in [6, 6.07) is 0. The third-order valence-electron chi connectivity index (χ3n) is 3.67. The van der Waals surface area contributed by atoms with Crippen molar-refractivity contribution in [1.82, 2.24) is 19.6 Å². The lowest BCUT2D eigenvalue weighted by atomic mass is 9.89. The Morgan fingerprint density at radius 2 is 2.06 bits per heavy atom. The van der Waals surface area contributed by atoms with E-state index in [-0.39, 0.29) is 0 Å². The van der Waals surface area contributed by atoms with E-state index in [1.165, 1.54) is 32.1 Å². The molecule has 0 aliphatic heterocycles. The summed E-state index contributed by atoms with van der Waals surface area (Å²) < 4.78 is 1.93. The molecule has 2 heterocycles.